The van der Waals surface area contributed by atoms with Gasteiger partial charge in [0.15, 0.2) is 0 Å². The Kier molecular flexibility index (Phi) is 8.09. The van der Waals surface area contributed by atoms with Crippen molar-refractivity contribution in [2.75, 3.05) is 12.9 Å². The first-order chi connectivity index (χ1) is 15.3. The van der Waals surface area contributed by atoms with Gasteiger partial charge in [0.25, 0.3) is 8.32 Å². The van der Waals surface area contributed by atoms with Crippen molar-refractivity contribution in [3.05, 3.63) is 71.1 Å². The molecule has 1 heterocycles. The standard InChI is InChI=1S/C24H33N3O3SSi/c1-17-21(26-27-25)23(31-5)30-20(22(17)28)16-29-32(24(2,3)4,18-12-8-6-9-13-18)19-14-10-7-11-15-19/h6-15,17,20-23,28H,16H2,1-5H3. The van der Waals surface area contributed by atoms with Gasteiger partial charge in [0, 0.05) is 4.91 Å². The first-order valence-corrected chi connectivity index (χ1v) is 14.1. The van der Waals surface area contributed by atoms with Crippen LogP contribution >= 0.6 is 11.8 Å². The van der Waals surface area contributed by atoms with Crippen LogP contribution in [0.3, 0.4) is 0 Å². The predicted octanol–water partition coefficient (Wildman–Crippen LogP) is 4.33. The summed E-state index contributed by atoms with van der Waals surface area (Å²) in [6, 6.07) is 20.4. The quantitative estimate of drug-likeness (QED) is 0.282. The molecule has 0 radical (unpaired) electrons. The topological polar surface area (TPSA) is 87.5 Å². The number of ether oxygens (including phenoxy) is 1. The van der Waals surface area contributed by atoms with E-state index in [2.05, 4.69) is 79.3 Å². The summed E-state index contributed by atoms with van der Waals surface area (Å²) in [6.45, 7) is 8.84. The molecule has 0 aliphatic carbocycles. The predicted molar refractivity (Wildman–Crippen MR) is 134 cm³/mol. The van der Waals surface area contributed by atoms with Crippen LogP contribution in [-0.4, -0.2) is 50.0 Å². The Bertz CT molecular complexity index is 878. The summed E-state index contributed by atoms with van der Waals surface area (Å²) in [6.07, 6.45) is 0.635. The fourth-order valence-electron chi connectivity index (χ4n) is 4.64. The number of rotatable bonds is 7. The smallest absolute Gasteiger partial charge is 0.261 e. The SMILES string of the molecule is CSC1OC(CO[Si](c2ccccc2)(c2ccccc2)C(C)(C)C)C(O)C(C)C1N=[N+]=[N-]. The van der Waals surface area contributed by atoms with Crippen molar-refractivity contribution < 1.29 is 14.3 Å². The maximum atomic E-state index is 11.0. The Morgan fingerprint density at radius 2 is 1.62 bits per heavy atom. The summed E-state index contributed by atoms with van der Waals surface area (Å²) >= 11 is 1.49. The molecule has 1 saturated heterocycles. The van der Waals surface area contributed by atoms with Gasteiger partial charge in [-0.15, -0.1) is 11.8 Å². The minimum Gasteiger partial charge on any atom is -0.405 e. The number of azide groups is 1. The highest BCUT2D eigenvalue weighted by atomic mass is 32.2. The van der Waals surface area contributed by atoms with Gasteiger partial charge in [0.2, 0.25) is 0 Å². The van der Waals surface area contributed by atoms with E-state index in [9.17, 15) is 5.11 Å². The van der Waals surface area contributed by atoms with Crippen LogP contribution < -0.4 is 10.4 Å². The molecular weight excluding hydrogens is 438 g/mol. The van der Waals surface area contributed by atoms with Gasteiger partial charge in [-0.25, -0.2) is 0 Å². The molecule has 1 N–H and O–H groups in total. The Balaban J connectivity index is 1.99. The molecule has 1 fully saturated rings. The number of nitrogens with zero attached hydrogens (tertiary/aromatic N) is 3. The number of aliphatic hydroxyl groups excluding tert-OH is 1. The summed E-state index contributed by atoms with van der Waals surface area (Å²) in [5.41, 5.74) is 8.62. The van der Waals surface area contributed by atoms with E-state index in [1.807, 2.05) is 25.3 Å². The Morgan fingerprint density at radius 3 is 2.06 bits per heavy atom. The molecule has 5 atom stereocenters. The van der Waals surface area contributed by atoms with E-state index in [4.69, 9.17) is 14.7 Å². The highest BCUT2D eigenvalue weighted by Crippen LogP contribution is 2.38. The van der Waals surface area contributed by atoms with Crippen LogP contribution in [0.4, 0.5) is 0 Å². The molecule has 8 heteroatoms. The zero-order valence-corrected chi connectivity index (χ0v) is 21.2. The lowest BCUT2D eigenvalue weighted by atomic mass is 9.90. The van der Waals surface area contributed by atoms with Gasteiger partial charge in [0.1, 0.15) is 11.5 Å². The third kappa shape index (κ3) is 4.76. The molecule has 2 aromatic rings. The molecule has 1 aliphatic rings. The molecule has 1 aliphatic heterocycles. The Morgan fingerprint density at radius 1 is 1.09 bits per heavy atom. The van der Waals surface area contributed by atoms with Crippen molar-refractivity contribution in [3.8, 4) is 0 Å². The number of benzene rings is 2. The molecule has 3 rings (SSSR count). The maximum Gasteiger partial charge on any atom is 0.261 e. The van der Waals surface area contributed by atoms with E-state index in [1.54, 1.807) is 0 Å². The summed E-state index contributed by atoms with van der Waals surface area (Å²) in [5.74, 6) is -0.232. The minimum atomic E-state index is -2.73. The van der Waals surface area contributed by atoms with Gasteiger partial charge >= 0.3 is 0 Å². The lowest BCUT2D eigenvalue weighted by molar-refractivity contribution is -0.135. The van der Waals surface area contributed by atoms with Gasteiger partial charge in [-0.2, -0.15) is 0 Å². The minimum absolute atomic E-state index is 0.159. The highest BCUT2D eigenvalue weighted by molar-refractivity contribution is 7.99. The van der Waals surface area contributed by atoms with Crippen LogP contribution in [0.25, 0.3) is 10.4 Å². The third-order valence-corrected chi connectivity index (χ3v) is 12.2. The van der Waals surface area contributed by atoms with Gasteiger partial charge in [-0.3, -0.25) is 0 Å². The first kappa shape index (κ1) is 24.8. The Labute approximate surface area is 196 Å². The second-order valence-corrected chi connectivity index (χ2v) is 14.5. The largest absolute Gasteiger partial charge is 0.405 e. The maximum absolute atomic E-state index is 11.0. The summed E-state index contributed by atoms with van der Waals surface area (Å²) < 4.78 is 13.2. The molecule has 32 heavy (non-hydrogen) atoms. The van der Waals surface area contributed by atoms with Crippen molar-refractivity contribution in [3.63, 3.8) is 0 Å². The number of hydrogen-bond donors (Lipinski definition) is 1. The van der Waals surface area contributed by atoms with E-state index in [0.717, 1.165) is 0 Å². The van der Waals surface area contributed by atoms with E-state index in [-0.39, 0.29) is 23.0 Å². The second-order valence-electron chi connectivity index (χ2n) is 9.30. The van der Waals surface area contributed by atoms with Gasteiger partial charge < -0.3 is 14.3 Å². The zero-order chi connectivity index (χ0) is 23.4. The lowest BCUT2D eigenvalue weighted by Gasteiger charge is -2.46. The van der Waals surface area contributed by atoms with E-state index >= 15 is 0 Å². The van der Waals surface area contributed by atoms with Crippen molar-refractivity contribution in [1.82, 2.24) is 0 Å². The molecule has 172 valence electrons. The summed E-state index contributed by atoms with van der Waals surface area (Å²) in [7, 11) is -2.73. The van der Waals surface area contributed by atoms with Gasteiger partial charge in [0.05, 0.1) is 18.8 Å². The van der Waals surface area contributed by atoms with Crippen LogP contribution in [0, 0.1) is 5.92 Å². The summed E-state index contributed by atoms with van der Waals surface area (Å²) in [4.78, 5) is 2.96. The fourth-order valence-corrected chi connectivity index (χ4v) is 10.0. The molecule has 0 saturated carbocycles. The normalized spacial score (nSPS) is 26.4. The zero-order valence-electron chi connectivity index (χ0n) is 19.4. The van der Waals surface area contributed by atoms with Gasteiger partial charge in [-0.05, 0) is 33.1 Å². The van der Waals surface area contributed by atoms with Crippen LogP contribution in [0.1, 0.15) is 27.7 Å². The van der Waals surface area contributed by atoms with Crippen molar-refractivity contribution in [2.45, 2.75) is 56.4 Å². The molecule has 0 bridgehead atoms. The molecule has 0 spiro atoms. The molecule has 0 amide bonds. The average molecular weight is 472 g/mol. The number of thioether (sulfide) groups is 1. The molecule has 2 aromatic carbocycles. The monoisotopic (exact) mass is 471 g/mol. The van der Waals surface area contributed by atoms with Crippen molar-refractivity contribution >= 4 is 30.5 Å². The molecule has 6 nitrogen and oxygen atoms in total. The fraction of sp³-hybridized carbons (Fsp3) is 0.500. The van der Waals surface area contributed by atoms with E-state index < -0.39 is 26.6 Å². The second kappa shape index (κ2) is 10.4. The van der Waals surface area contributed by atoms with E-state index in [1.165, 1.54) is 22.1 Å². The highest BCUT2D eigenvalue weighted by Gasteiger charge is 2.51. The van der Waals surface area contributed by atoms with Crippen LogP contribution in [-0.2, 0) is 9.16 Å². The Hall–Kier alpha value is -1.80. The third-order valence-electron chi connectivity index (χ3n) is 6.34. The summed E-state index contributed by atoms with van der Waals surface area (Å²) in [5, 5.41) is 17.1. The van der Waals surface area contributed by atoms with Crippen LogP contribution in [0.5, 0.6) is 0 Å². The molecule has 0 aromatic heterocycles. The van der Waals surface area contributed by atoms with Crippen LogP contribution in [0.2, 0.25) is 5.04 Å². The van der Waals surface area contributed by atoms with Crippen molar-refractivity contribution in [2.24, 2.45) is 11.0 Å². The van der Waals surface area contributed by atoms with Crippen molar-refractivity contribution in [1.29, 1.82) is 0 Å². The first-order valence-electron chi connectivity index (χ1n) is 10.9. The number of hydrogen-bond acceptors (Lipinski definition) is 5. The van der Waals surface area contributed by atoms with Crippen LogP contribution in [0.15, 0.2) is 65.8 Å². The lowest BCUT2D eigenvalue weighted by Crippen LogP contribution is -2.67. The number of aliphatic hydroxyl groups is 1. The van der Waals surface area contributed by atoms with E-state index in [0.29, 0.717) is 0 Å². The average Bonchev–Trinajstić information content (AvgIpc) is 2.79. The molecule has 5 unspecified atom stereocenters. The van der Waals surface area contributed by atoms with Gasteiger partial charge in [-0.1, -0.05) is 93.5 Å². The molecular formula is C24H33N3O3SSi.